The molecular weight excluding hydrogens is 314 g/mol. The van der Waals surface area contributed by atoms with Crippen molar-refractivity contribution in [3.05, 3.63) is 39.0 Å². The van der Waals surface area contributed by atoms with Crippen LogP contribution in [0.2, 0.25) is 0 Å². The van der Waals surface area contributed by atoms with Gasteiger partial charge >= 0.3 is 5.69 Å². The molecule has 1 unspecified atom stereocenters. The van der Waals surface area contributed by atoms with Crippen LogP contribution in [0.15, 0.2) is 23.3 Å². The van der Waals surface area contributed by atoms with Crippen molar-refractivity contribution in [3.8, 4) is 0 Å². The minimum absolute atomic E-state index is 0.0119. The number of hydrogen-bond acceptors (Lipinski definition) is 4. The van der Waals surface area contributed by atoms with Crippen LogP contribution in [0.5, 0.6) is 0 Å². The molecule has 0 bridgehead atoms. The number of aromatic nitrogens is 1. The predicted octanol–water partition coefficient (Wildman–Crippen LogP) is 2.60. The largest absolute Gasteiger partial charge is 0.316 e. The first kappa shape index (κ1) is 13.7. The van der Waals surface area contributed by atoms with E-state index in [2.05, 4.69) is 27.5 Å². The van der Waals surface area contributed by atoms with Crippen LogP contribution in [-0.2, 0) is 4.79 Å². The third-order valence-corrected chi connectivity index (χ3v) is 3.95. The lowest BCUT2D eigenvalue weighted by molar-refractivity contribution is -0.384. The number of rotatable bonds is 3. The van der Waals surface area contributed by atoms with Gasteiger partial charge in [-0.3, -0.25) is 19.8 Å². The number of anilines is 1. The van der Waals surface area contributed by atoms with Crippen molar-refractivity contribution in [2.24, 2.45) is 5.92 Å². The fourth-order valence-corrected chi connectivity index (χ4v) is 2.36. The highest BCUT2D eigenvalue weighted by Crippen LogP contribution is 2.36. The zero-order valence-corrected chi connectivity index (χ0v) is 11.9. The first-order valence-corrected chi connectivity index (χ1v) is 6.47. The summed E-state index contributed by atoms with van der Waals surface area (Å²) in [7, 11) is 0. The van der Waals surface area contributed by atoms with Crippen LogP contribution in [0.25, 0.3) is 0 Å². The number of hydrogen-bond donors (Lipinski definition) is 0. The Morgan fingerprint density at radius 2 is 2.37 bits per heavy atom. The van der Waals surface area contributed by atoms with Crippen molar-refractivity contribution >= 4 is 33.3 Å². The van der Waals surface area contributed by atoms with Crippen molar-refractivity contribution < 1.29 is 9.72 Å². The molecule has 0 saturated carbocycles. The predicted molar refractivity (Wildman–Crippen MR) is 74.0 cm³/mol. The van der Waals surface area contributed by atoms with Gasteiger partial charge in [0.25, 0.3) is 0 Å². The minimum atomic E-state index is -0.503. The lowest BCUT2D eigenvalue weighted by Gasteiger charge is -2.16. The van der Waals surface area contributed by atoms with Gasteiger partial charge in [0.1, 0.15) is 0 Å². The summed E-state index contributed by atoms with van der Waals surface area (Å²) in [5, 5.41) is 11.2. The molecule has 1 atom stereocenters. The summed E-state index contributed by atoms with van der Waals surface area (Å²) in [4.78, 5) is 28.0. The van der Waals surface area contributed by atoms with Gasteiger partial charge in [0.15, 0.2) is 0 Å². The Morgan fingerprint density at radius 1 is 1.68 bits per heavy atom. The molecule has 1 aromatic heterocycles. The summed E-state index contributed by atoms with van der Waals surface area (Å²) in [6.45, 7) is 5.66. The molecule has 1 aliphatic heterocycles. The maximum atomic E-state index is 11.9. The van der Waals surface area contributed by atoms with Crippen LogP contribution in [0.3, 0.4) is 0 Å². The van der Waals surface area contributed by atoms with E-state index in [0.29, 0.717) is 23.0 Å². The van der Waals surface area contributed by atoms with Crippen molar-refractivity contribution in [1.82, 2.24) is 4.98 Å². The smallest absolute Gasteiger partial charge is 0.290 e. The molecule has 100 valence electrons. The van der Waals surface area contributed by atoms with Gasteiger partial charge in [-0.05, 0) is 22.9 Å². The molecule has 1 saturated heterocycles. The number of halogens is 1. The van der Waals surface area contributed by atoms with Gasteiger partial charge in [-0.15, -0.1) is 6.58 Å². The number of nitro groups is 1. The molecule has 1 fully saturated rings. The van der Waals surface area contributed by atoms with Crippen molar-refractivity contribution in [3.63, 3.8) is 0 Å². The topological polar surface area (TPSA) is 76.3 Å². The Kier molecular flexibility index (Phi) is 3.66. The van der Waals surface area contributed by atoms with E-state index in [1.807, 2.05) is 0 Å². The van der Waals surface area contributed by atoms with E-state index in [1.54, 1.807) is 13.0 Å². The Balaban J connectivity index is 2.51. The third kappa shape index (κ3) is 2.37. The van der Waals surface area contributed by atoms with E-state index in [4.69, 9.17) is 0 Å². The molecule has 0 aromatic carbocycles. The van der Waals surface area contributed by atoms with E-state index in [-0.39, 0.29) is 23.3 Å². The summed E-state index contributed by atoms with van der Waals surface area (Å²) in [6, 6.07) is 0. The summed E-state index contributed by atoms with van der Waals surface area (Å²) < 4.78 is 0.551. The van der Waals surface area contributed by atoms with Crippen molar-refractivity contribution in [2.45, 2.75) is 13.3 Å². The summed E-state index contributed by atoms with van der Waals surface area (Å²) in [5.74, 6) is -0.0415. The monoisotopic (exact) mass is 325 g/mol. The van der Waals surface area contributed by atoms with Crippen molar-refractivity contribution in [1.29, 1.82) is 0 Å². The third-order valence-electron chi connectivity index (χ3n) is 3.15. The van der Waals surface area contributed by atoms with Crippen LogP contribution in [-0.4, -0.2) is 22.4 Å². The van der Waals surface area contributed by atoms with Gasteiger partial charge in [-0.25, -0.2) is 4.98 Å². The zero-order valence-electron chi connectivity index (χ0n) is 10.3. The van der Waals surface area contributed by atoms with Gasteiger partial charge in [-0.2, -0.15) is 0 Å². The van der Waals surface area contributed by atoms with Crippen LogP contribution in [0, 0.1) is 23.0 Å². The van der Waals surface area contributed by atoms with Crippen LogP contribution in [0.4, 0.5) is 11.5 Å². The standard InChI is InChI=1S/C12H12BrN3O3/c1-3-8-4-10(17)15(6-8)12-11(16(18)19)7(2)9(13)5-14-12/h3,5,8H,1,4,6H2,2H3. The van der Waals surface area contributed by atoms with Gasteiger partial charge in [0.2, 0.25) is 11.7 Å². The maximum absolute atomic E-state index is 11.9. The van der Waals surface area contributed by atoms with Crippen LogP contribution < -0.4 is 4.90 Å². The molecule has 6 nitrogen and oxygen atoms in total. The highest BCUT2D eigenvalue weighted by molar-refractivity contribution is 9.10. The minimum Gasteiger partial charge on any atom is -0.290 e. The normalized spacial score (nSPS) is 18.7. The first-order chi connectivity index (χ1) is 8.95. The molecule has 0 spiro atoms. The first-order valence-electron chi connectivity index (χ1n) is 5.68. The quantitative estimate of drug-likeness (QED) is 0.486. The highest BCUT2D eigenvalue weighted by Gasteiger charge is 2.35. The number of carbonyl (C=O) groups is 1. The molecule has 1 aromatic rings. The summed E-state index contributed by atoms with van der Waals surface area (Å²) in [5.41, 5.74) is 0.331. The lowest BCUT2D eigenvalue weighted by Crippen LogP contribution is -2.26. The fourth-order valence-electron chi connectivity index (χ4n) is 2.07. The molecule has 1 aliphatic rings. The molecule has 0 N–H and O–H groups in total. The van der Waals surface area contributed by atoms with Crippen LogP contribution >= 0.6 is 15.9 Å². The number of pyridine rings is 1. The molecule has 7 heteroatoms. The van der Waals surface area contributed by atoms with E-state index in [9.17, 15) is 14.9 Å². The Morgan fingerprint density at radius 3 is 2.89 bits per heavy atom. The van der Waals surface area contributed by atoms with Gasteiger partial charge < -0.3 is 0 Å². The molecule has 2 heterocycles. The molecule has 2 rings (SSSR count). The molecule has 0 radical (unpaired) electrons. The number of carbonyl (C=O) groups excluding carboxylic acids is 1. The molecule has 1 amide bonds. The maximum Gasteiger partial charge on any atom is 0.316 e. The second-order valence-corrected chi connectivity index (χ2v) is 5.22. The SMILES string of the molecule is C=CC1CC(=O)N(c2ncc(Br)c(C)c2[N+](=O)[O-])C1. The molecule has 19 heavy (non-hydrogen) atoms. The molecule has 0 aliphatic carbocycles. The van der Waals surface area contributed by atoms with Gasteiger partial charge in [-0.1, -0.05) is 6.08 Å². The van der Waals surface area contributed by atoms with Crippen molar-refractivity contribution in [2.75, 3.05) is 11.4 Å². The lowest BCUT2D eigenvalue weighted by atomic mass is 10.1. The second kappa shape index (κ2) is 5.08. The average molecular weight is 326 g/mol. The van der Waals surface area contributed by atoms with Gasteiger partial charge in [0, 0.05) is 35.1 Å². The van der Waals surface area contributed by atoms with E-state index < -0.39 is 4.92 Å². The number of nitrogens with zero attached hydrogens (tertiary/aromatic N) is 3. The Labute approximate surface area is 118 Å². The molecular formula is C12H12BrN3O3. The van der Waals surface area contributed by atoms with Crippen LogP contribution in [0.1, 0.15) is 12.0 Å². The van der Waals surface area contributed by atoms with E-state index in [1.165, 1.54) is 11.1 Å². The van der Waals surface area contributed by atoms with E-state index >= 15 is 0 Å². The summed E-state index contributed by atoms with van der Waals surface area (Å²) >= 11 is 3.21. The summed E-state index contributed by atoms with van der Waals surface area (Å²) in [6.07, 6.45) is 3.49. The Hall–Kier alpha value is -1.76. The van der Waals surface area contributed by atoms with E-state index in [0.717, 1.165) is 0 Å². The second-order valence-electron chi connectivity index (χ2n) is 4.36. The zero-order chi connectivity index (χ0) is 14.2. The Bertz CT molecular complexity index is 574. The fraction of sp³-hybridized carbons (Fsp3) is 0.333. The highest BCUT2D eigenvalue weighted by atomic mass is 79.9. The average Bonchev–Trinajstić information content (AvgIpc) is 2.73. The number of amides is 1. The van der Waals surface area contributed by atoms with Gasteiger partial charge in [0.05, 0.1) is 4.92 Å².